The molecule has 6 aromatic heterocycles. The van der Waals surface area contributed by atoms with Crippen LogP contribution in [0.3, 0.4) is 0 Å². The van der Waals surface area contributed by atoms with Crippen LogP contribution in [0.2, 0.25) is 0 Å². The number of thiophene rings is 2. The number of aryl methyl sites for hydroxylation is 2. The molecule has 6 heterocycles. The SMILES string of the molecule is CC(C)(C)c1c[c-]c(-c2nccc3sc(-c4ccc(F)cc4F)cc23)cc1.CC(C)(C)c1ccc(-c2nccc3sc(-c4ccc(F)cc4F)cc23)cc1.CO.CO.Cc1cccc(-c2[c-]cccc2)n1.Cc1cccc(-c2[c-]cccc2)n1.O=S(=O)([O-])C(F)(F)F.[Ir].[Ir]. The molecular formula is C73H65F7Ir2N4O5S3-4. The third-order valence-corrected chi connectivity index (χ3v) is 16.1. The number of rotatable bonds is 6. The molecule has 0 unspecified atom stereocenters. The zero-order valence-electron chi connectivity index (χ0n) is 52.5. The van der Waals surface area contributed by atoms with Crippen molar-refractivity contribution in [1.82, 2.24) is 19.9 Å². The maximum Gasteiger partial charge on any atom is 0.485 e. The van der Waals surface area contributed by atoms with Crippen molar-refractivity contribution in [2.45, 2.75) is 71.7 Å². The Balaban J connectivity index is 0.000000261. The number of hydrogen-bond donors (Lipinski definition) is 2. The third-order valence-electron chi connectivity index (χ3n) is 13.3. The smallest absolute Gasteiger partial charge is 0.485 e. The van der Waals surface area contributed by atoms with Crippen LogP contribution in [0.5, 0.6) is 0 Å². The van der Waals surface area contributed by atoms with Crippen molar-refractivity contribution in [3.8, 4) is 65.9 Å². The minimum Gasteiger partial charge on any atom is -0.741 e. The molecule has 0 spiro atoms. The van der Waals surface area contributed by atoms with E-state index in [0.717, 1.165) is 113 Å². The molecule has 496 valence electrons. The van der Waals surface area contributed by atoms with E-state index in [0.29, 0.717) is 11.1 Å². The van der Waals surface area contributed by atoms with Gasteiger partial charge in [0.05, 0.1) is 5.69 Å². The number of aliphatic hydroxyl groups is 2. The molecule has 0 saturated heterocycles. The minimum absolute atomic E-state index is 0. The Morgan fingerprint density at radius 1 is 0.479 bits per heavy atom. The van der Waals surface area contributed by atoms with Crippen LogP contribution in [-0.4, -0.2) is 62.8 Å². The maximum absolute atomic E-state index is 14.2. The second-order valence-corrected chi connectivity index (χ2v) is 25.5. The van der Waals surface area contributed by atoms with Crippen LogP contribution in [0.4, 0.5) is 30.7 Å². The summed E-state index contributed by atoms with van der Waals surface area (Å²) in [6, 6.07) is 67.0. The van der Waals surface area contributed by atoms with Crippen LogP contribution in [0.25, 0.3) is 86.1 Å². The molecule has 21 heteroatoms. The quantitative estimate of drug-likeness (QED) is 0.0718. The summed E-state index contributed by atoms with van der Waals surface area (Å²) in [5, 5.41) is 15.9. The van der Waals surface area contributed by atoms with Gasteiger partial charge in [0, 0.05) is 132 Å². The van der Waals surface area contributed by atoms with E-state index in [-0.39, 0.29) is 51.0 Å². The van der Waals surface area contributed by atoms with Gasteiger partial charge in [0.2, 0.25) is 0 Å². The van der Waals surface area contributed by atoms with Gasteiger partial charge in [-0.2, -0.15) is 13.2 Å². The number of hydrogen-bond acceptors (Lipinski definition) is 11. The molecule has 0 aliphatic heterocycles. The molecule has 0 atom stereocenters. The van der Waals surface area contributed by atoms with Crippen LogP contribution in [0.1, 0.15) is 64.1 Å². The number of fused-ring (bicyclic) bond motifs is 2. The minimum atomic E-state index is -6.09. The summed E-state index contributed by atoms with van der Waals surface area (Å²) in [6.45, 7) is 17.0. The molecule has 0 saturated carbocycles. The van der Waals surface area contributed by atoms with Gasteiger partial charge in [-0.1, -0.05) is 90.1 Å². The fourth-order valence-electron chi connectivity index (χ4n) is 8.67. The van der Waals surface area contributed by atoms with Gasteiger partial charge in [0.1, 0.15) is 23.3 Å². The predicted octanol–water partition coefficient (Wildman–Crippen LogP) is 19.2. The first-order valence-electron chi connectivity index (χ1n) is 28.2. The number of halogens is 7. The van der Waals surface area contributed by atoms with Gasteiger partial charge in [-0.15, -0.1) is 130 Å². The Labute approximate surface area is 579 Å². The second kappa shape index (κ2) is 35.8. The van der Waals surface area contributed by atoms with E-state index in [1.807, 2.05) is 135 Å². The van der Waals surface area contributed by atoms with Gasteiger partial charge in [0.25, 0.3) is 0 Å². The molecule has 0 aliphatic carbocycles. The molecule has 0 bridgehead atoms. The normalized spacial score (nSPS) is 10.9. The van der Waals surface area contributed by atoms with Crippen molar-refractivity contribution in [3.63, 3.8) is 0 Å². The van der Waals surface area contributed by atoms with Gasteiger partial charge < -0.3 is 29.7 Å². The van der Waals surface area contributed by atoms with Crippen molar-refractivity contribution in [3.05, 3.63) is 264 Å². The van der Waals surface area contributed by atoms with E-state index in [2.05, 4.69) is 110 Å². The molecule has 2 radical (unpaired) electrons. The average Bonchev–Trinajstić information content (AvgIpc) is 1.63. The molecular weight excluding hydrogens is 1630 g/mol. The fraction of sp³-hybridized carbons (Fsp3) is 0.178. The number of aliphatic hydroxyl groups excluding tert-OH is 2. The number of pyridine rings is 4. The molecule has 0 fully saturated rings. The zero-order chi connectivity index (χ0) is 67.6. The topological polar surface area (TPSA) is 149 Å². The molecule has 12 aromatic rings. The van der Waals surface area contributed by atoms with E-state index in [4.69, 9.17) is 23.2 Å². The Morgan fingerprint density at radius 3 is 1.26 bits per heavy atom. The summed E-state index contributed by atoms with van der Waals surface area (Å²) < 4.78 is 116. The second-order valence-electron chi connectivity index (χ2n) is 22.0. The van der Waals surface area contributed by atoms with Crippen molar-refractivity contribution in [2.24, 2.45) is 0 Å². The summed E-state index contributed by atoms with van der Waals surface area (Å²) in [4.78, 5) is 19.4. The number of nitrogens with zero attached hydrogens (tertiary/aromatic N) is 4. The van der Waals surface area contributed by atoms with E-state index >= 15 is 0 Å². The van der Waals surface area contributed by atoms with Crippen molar-refractivity contribution < 1.29 is 94.1 Å². The molecule has 2 N–H and O–H groups in total. The largest absolute Gasteiger partial charge is 0.741 e. The van der Waals surface area contributed by atoms with Crippen LogP contribution in [0.15, 0.2) is 200 Å². The standard InChI is InChI=1S/C23H19F2NS.C23H18F2NS.2C12H10N.CHF3O3S.2CH4O.2Ir/c2*1-23(2,3)15-6-4-14(5-7-15)22-18-13-21(27-20(18)10-11-26-22)17-9-8-16(24)12-19(17)25;2*1-10-6-5-9-12(13-10)11-7-3-2-4-8-11;2-1(3,4)8(5,6)7;2*1-2;;/h4-13H,1-3H3;4,6-13H,1-3H3;2*2-7,9H,1H3;(H,5,6,7);2*2H,1H3;;/q;3*-1;;;;;/p-1. The summed E-state index contributed by atoms with van der Waals surface area (Å²) in [5.41, 5.74) is 7.54. The monoisotopic (exact) mass is 1690 g/mol. The summed E-state index contributed by atoms with van der Waals surface area (Å²) >= 11 is 2.95. The number of alkyl halides is 3. The van der Waals surface area contributed by atoms with Crippen LogP contribution in [0, 0.1) is 55.3 Å². The summed E-state index contributed by atoms with van der Waals surface area (Å²) in [5.74, 6) is -2.25. The maximum atomic E-state index is 14.2. The first-order chi connectivity index (χ1) is 43.6. The molecule has 6 aromatic carbocycles. The summed E-state index contributed by atoms with van der Waals surface area (Å²) in [7, 11) is -4.09. The zero-order valence-corrected chi connectivity index (χ0v) is 59.7. The van der Waals surface area contributed by atoms with Crippen molar-refractivity contribution >= 4 is 53.0 Å². The van der Waals surface area contributed by atoms with Crippen LogP contribution in [-0.2, 0) is 61.2 Å². The molecule has 12 rings (SSSR count). The molecule has 0 aliphatic rings. The van der Waals surface area contributed by atoms with Gasteiger partial charge in [-0.05, 0) is 113 Å². The third kappa shape index (κ3) is 22.0. The first-order valence-corrected chi connectivity index (χ1v) is 31.2. The van der Waals surface area contributed by atoms with Gasteiger partial charge in [-0.25, -0.2) is 26.0 Å². The predicted molar refractivity (Wildman–Crippen MR) is 356 cm³/mol. The van der Waals surface area contributed by atoms with E-state index in [1.54, 1.807) is 12.4 Å². The molecule has 94 heavy (non-hydrogen) atoms. The Bertz CT molecular complexity index is 4190. The number of aromatic nitrogens is 4. The summed E-state index contributed by atoms with van der Waals surface area (Å²) in [6.07, 6.45) is 3.53. The molecule has 9 nitrogen and oxygen atoms in total. The Morgan fingerprint density at radius 2 is 0.894 bits per heavy atom. The van der Waals surface area contributed by atoms with Crippen LogP contribution < -0.4 is 0 Å². The molecule has 0 amide bonds. The van der Waals surface area contributed by atoms with Crippen molar-refractivity contribution in [1.29, 1.82) is 0 Å². The van der Waals surface area contributed by atoms with Gasteiger partial charge in [0.15, 0.2) is 10.1 Å². The van der Waals surface area contributed by atoms with E-state index < -0.39 is 38.9 Å². The Kier molecular flexibility index (Phi) is 30.1. The fourth-order valence-corrected chi connectivity index (χ4v) is 10.8. The van der Waals surface area contributed by atoms with E-state index in [9.17, 15) is 30.7 Å². The first kappa shape index (κ1) is 78.9. The van der Waals surface area contributed by atoms with Crippen molar-refractivity contribution in [2.75, 3.05) is 14.2 Å². The van der Waals surface area contributed by atoms with Gasteiger partial charge >= 0.3 is 5.51 Å². The number of benzene rings is 6. The average molecular weight is 1690 g/mol. The van der Waals surface area contributed by atoms with Gasteiger partial charge in [-0.3, -0.25) is 4.98 Å². The van der Waals surface area contributed by atoms with E-state index in [1.165, 1.54) is 58.1 Å². The van der Waals surface area contributed by atoms with Crippen LogP contribution >= 0.6 is 22.7 Å². The Hall–Kier alpha value is -7.52.